The summed E-state index contributed by atoms with van der Waals surface area (Å²) in [6.07, 6.45) is 3.02. The molecular weight excluding hydrogens is 440 g/mol. The van der Waals surface area contributed by atoms with Crippen LogP contribution >= 0.6 is 0 Å². The van der Waals surface area contributed by atoms with Crippen molar-refractivity contribution in [3.05, 3.63) is 65.4 Å². The third-order valence-electron chi connectivity index (χ3n) is 6.54. The Morgan fingerprint density at radius 1 is 1.06 bits per heavy atom. The highest BCUT2D eigenvalue weighted by Crippen LogP contribution is 2.39. The average molecular weight is 475 g/mol. The molecule has 2 heterocycles. The van der Waals surface area contributed by atoms with Crippen molar-refractivity contribution in [1.82, 2.24) is 14.9 Å². The second-order valence-corrected chi connectivity index (χ2v) is 9.81. The lowest BCUT2D eigenvalue weighted by Gasteiger charge is -2.16. The molecule has 0 saturated heterocycles. The van der Waals surface area contributed by atoms with Gasteiger partial charge >= 0.3 is 0 Å². The highest BCUT2D eigenvalue weighted by atomic mass is 16.5. The van der Waals surface area contributed by atoms with Gasteiger partial charge in [0.25, 0.3) is 0 Å². The third kappa shape index (κ3) is 6.17. The second kappa shape index (κ2) is 10.7. The highest BCUT2D eigenvalue weighted by Gasteiger charge is 2.37. The van der Waals surface area contributed by atoms with Crippen LogP contribution in [-0.2, 0) is 22.7 Å². The molecule has 2 unspecified atom stereocenters. The standard InChI is InChI=1S/C28H34N4O3/c1-19-14-29-28-30-25-7-8-26(35-10-9-32(2)3)24(13-25)18-34-17-23-12-22(23)16-33-15-20-5-4-6-21(11-20)27(19)31-28/h4-8,11,13-14,22-23H,9-10,12,15-18H2,1-3H3,(H,29,30,31). The Morgan fingerprint density at radius 2 is 1.89 bits per heavy atom. The molecule has 1 aliphatic carbocycles. The zero-order valence-electron chi connectivity index (χ0n) is 20.8. The molecule has 3 aromatic rings. The van der Waals surface area contributed by atoms with Crippen LogP contribution in [0.3, 0.4) is 0 Å². The Balaban J connectivity index is 1.44. The number of nitrogens with one attached hydrogen (secondary N) is 1. The van der Waals surface area contributed by atoms with Crippen molar-refractivity contribution >= 4 is 11.6 Å². The molecule has 1 N–H and O–H groups in total. The summed E-state index contributed by atoms with van der Waals surface area (Å²) in [5.74, 6) is 2.55. The number of hydrogen-bond donors (Lipinski definition) is 1. The van der Waals surface area contributed by atoms with Gasteiger partial charge in [-0.15, -0.1) is 0 Å². The topological polar surface area (TPSA) is 68.7 Å². The number of anilines is 2. The maximum Gasteiger partial charge on any atom is 0.227 e. The summed E-state index contributed by atoms with van der Waals surface area (Å²) in [6, 6.07) is 14.5. The van der Waals surface area contributed by atoms with Crippen LogP contribution in [0.5, 0.6) is 5.75 Å². The van der Waals surface area contributed by atoms with Gasteiger partial charge in [0, 0.05) is 29.6 Å². The van der Waals surface area contributed by atoms with Gasteiger partial charge in [0.05, 0.1) is 32.1 Å². The molecule has 6 bridgehead atoms. The number of aryl methyl sites for hydroxylation is 1. The van der Waals surface area contributed by atoms with Crippen LogP contribution in [0, 0.1) is 18.8 Å². The van der Waals surface area contributed by atoms with Gasteiger partial charge in [-0.1, -0.05) is 18.2 Å². The summed E-state index contributed by atoms with van der Waals surface area (Å²) >= 11 is 0. The van der Waals surface area contributed by atoms with E-state index >= 15 is 0 Å². The minimum Gasteiger partial charge on any atom is -0.492 e. The molecule has 35 heavy (non-hydrogen) atoms. The fourth-order valence-corrected chi connectivity index (χ4v) is 4.35. The zero-order valence-corrected chi connectivity index (χ0v) is 20.8. The molecule has 2 atom stereocenters. The Labute approximate surface area is 207 Å². The first kappa shape index (κ1) is 23.7. The summed E-state index contributed by atoms with van der Waals surface area (Å²) in [6.45, 7) is 6.13. The maximum atomic E-state index is 6.13. The fraction of sp³-hybridized carbons (Fsp3) is 0.429. The van der Waals surface area contributed by atoms with Crippen LogP contribution in [0.15, 0.2) is 48.7 Å². The van der Waals surface area contributed by atoms with Gasteiger partial charge in [-0.25, -0.2) is 9.97 Å². The van der Waals surface area contributed by atoms with Crippen molar-refractivity contribution in [1.29, 1.82) is 0 Å². The Kier molecular flexibility index (Phi) is 7.27. The van der Waals surface area contributed by atoms with Gasteiger partial charge < -0.3 is 24.4 Å². The summed E-state index contributed by atoms with van der Waals surface area (Å²) < 4.78 is 18.3. The molecule has 0 spiro atoms. The molecule has 2 aromatic carbocycles. The highest BCUT2D eigenvalue weighted by molar-refractivity contribution is 5.66. The first-order valence-corrected chi connectivity index (χ1v) is 12.3. The van der Waals surface area contributed by atoms with Crippen LogP contribution < -0.4 is 10.1 Å². The van der Waals surface area contributed by atoms with Gasteiger partial charge in [-0.2, -0.15) is 0 Å². The van der Waals surface area contributed by atoms with Crippen molar-refractivity contribution in [3.8, 4) is 17.0 Å². The molecule has 184 valence electrons. The van der Waals surface area contributed by atoms with E-state index in [4.69, 9.17) is 19.2 Å². The van der Waals surface area contributed by atoms with E-state index in [9.17, 15) is 0 Å². The fourth-order valence-electron chi connectivity index (χ4n) is 4.35. The first-order chi connectivity index (χ1) is 17.0. The van der Waals surface area contributed by atoms with Crippen LogP contribution in [-0.4, -0.2) is 55.3 Å². The van der Waals surface area contributed by atoms with Crippen LogP contribution in [0.25, 0.3) is 11.3 Å². The number of rotatable bonds is 4. The minimum absolute atomic E-state index is 0.501. The van der Waals surface area contributed by atoms with Gasteiger partial charge in [0.2, 0.25) is 5.95 Å². The lowest BCUT2D eigenvalue weighted by Crippen LogP contribution is -2.19. The number of aromatic nitrogens is 2. The predicted octanol–water partition coefficient (Wildman–Crippen LogP) is 4.82. The molecule has 5 rings (SSSR count). The van der Waals surface area contributed by atoms with E-state index in [0.29, 0.717) is 37.6 Å². The molecule has 7 heteroatoms. The zero-order chi connectivity index (χ0) is 24.2. The van der Waals surface area contributed by atoms with Crippen LogP contribution in [0.1, 0.15) is 23.1 Å². The quantitative estimate of drug-likeness (QED) is 0.581. The van der Waals surface area contributed by atoms with Crippen molar-refractivity contribution < 1.29 is 14.2 Å². The molecule has 1 fully saturated rings. The average Bonchev–Trinajstić information content (AvgIpc) is 3.59. The van der Waals surface area contributed by atoms with Crippen molar-refractivity contribution in [3.63, 3.8) is 0 Å². The van der Waals surface area contributed by atoms with E-state index in [-0.39, 0.29) is 0 Å². The Morgan fingerprint density at radius 3 is 2.71 bits per heavy atom. The van der Waals surface area contributed by atoms with Gasteiger partial charge in [0.15, 0.2) is 0 Å². The van der Waals surface area contributed by atoms with E-state index in [2.05, 4.69) is 45.5 Å². The summed E-state index contributed by atoms with van der Waals surface area (Å²) in [7, 11) is 4.09. The summed E-state index contributed by atoms with van der Waals surface area (Å²) in [4.78, 5) is 11.5. The Bertz CT molecular complexity index is 1170. The van der Waals surface area contributed by atoms with E-state index in [1.165, 1.54) is 0 Å². The number of hydrogen-bond acceptors (Lipinski definition) is 7. The molecule has 1 aliphatic heterocycles. The predicted molar refractivity (Wildman–Crippen MR) is 137 cm³/mol. The Hall–Kier alpha value is -3.00. The molecule has 1 aromatic heterocycles. The second-order valence-electron chi connectivity index (χ2n) is 9.81. The number of fused-ring (bicyclic) bond motifs is 8. The third-order valence-corrected chi connectivity index (χ3v) is 6.54. The van der Waals surface area contributed by atoms with Crippen molar-refractivity contribution in [2.75, 3.05) is 45.8 Å². The molecule has 7 nitrogen and oxygen atoms in total. The monoisotopic (exact) mass is 474 g/mol. The maximum absolute atomic E-state index is 6.13. The normalized spacial score (nSPS) is 19.8. The number of ether oxygens (including phenoxy) is 3. The number of benzene rings is 2. The lowest BCUT2D eigenvalue weighted by atomic mass is 10.1. The summed E-state index contributed by atoms with van der Waals surface area (Å²) in [5.41, 5.74) is 6.09. The van der Waals surface area contributed by atoms with E-state index in [0.717, 1.165) is 65.6 Å². The van der Waals surface area contributed by atoms with Crippen LogP contribution in [0.4, 0.5) is 11.6 Å². The number of likely N-dealkylation sites (N-methyl/N-ethyl adjacent to an activating group) is 1. The molecular formula is C28H34N4O3. The van der Waals surface area contributed by atoms with Crippen molar-refractivity contribution in [2.45, 2.75) is 26.6 Å². The number of nitrogens with zero attached hydrogens (tertiary/aromatic N) is 3. The van der Waals surface area contributed by atoms with Gasteiger partial charge in [-0.3, -0.25) is 0 Å². The van der Waals surface area contributed by atoms with Crippen LogP contribution in [0.2, 0.25) is 0 Å². The lowest BCUT2D eigenvalue weighted by molar-refractivity contribution is 0.0830. The van der Waals surface area contributed by atoms with Gasteiger partial charge in [-0.05, 0) is 74.7 Å². The van der Waals surface area contributed by atoms with Gasteiger partial charge in [0.1, 0.15) is 12.4 Å². The molecule has 1 saturated carbocycles. The first-order valence-electron chi connectivity index (χ1n) is 12.3. The smallest absolute Gasteiger partial charge is 0.227 e. The largest absolute Gasteiger partial charge is 0.492 e. The van der Waals surface area contributed by atoms with E-state index in [1.807, 2.05) is 39.3 Å². The molecule has 2 aliphatic rings. The summed E-state index contributed by atoms with van der Waals surface area (Å²) in [5, 5.41) is 3.38. The van der Waals surface area contributed by atoms with E-state index in [1.54, 1.807) is 0 Å². The minimum atomic E-state index is 0.501. The molecule has 0 amide bonds. The van der Waals surface area contributed by atoms with E-state index < -0.39 is 0 Å². The van der Waals surface area contributed by atoms with Crippen molar-refractivity contribution in [2.24, 2.45) is 11.8 Å². The SMILES string of the molecule is Cc1cnc2nc1-c1cccc(c1)COCC1CC1COCc1cc(ccc1OCCN(C)C)N2. The molecule has 0 radical (unpaired) electrons.